The second-order valence-electron chi connectivity index (χ2n) is 8.24. The minimum atomic E-state index is -0.539. The summed E-state index contributed by atoms with van der Waals surface area (Å²) < 4.78 is 17.7. The number of amides is 1. The number of methoxy groups -OCH3 is 2. The number of hydrogen-bond donors (Lipinski definition) is 1. The van der Waals surface area contributed by atoms with Crippen molar-refractivity contribution in [3.8, 4) is 11.5 Å². The van der Waals surface area contributed by atoms with Crippen LogP contribution in [-0.2, 0) is 14.3 Å². The third-order valence-corrected chi connectivity index (χ3v) is 5.98. The number of anilines is 2. The number of fused-ring (bicyclic) bond motifs is 1. The van der Waals surface area contributed by atoms with Gasteiger partial charge in [-0.3, -0.25) is 4.79 Å². The largest absolute Gasteiger partial charge is 0.497 e. The molecule has 2 aromatic carbocycles. The van der Waals surface area contributed by atoms with Gasteiger partial charge in [0.15, 0.2) is 0 Å². The molecule has 1 amide bonds. The number of carbonyl (C=O) groups is 2. The van der Waals surface area contributed by atoms with Crippen LogP contribution in [0.4, 0.5) is 11.6 Å². The number of allylic oxidation sites excluding steroid dienone is 1. The Balaban J connectivity index is 1.70. The van der Waals surface area contributed by atoms with E-state index in [4.69, 9.17) is 14.2 Å². The Labute approximate surface area is 209 Å². The number of aryl methyl sites for hydroxylation is 1. The van der Waals surface area contributed by atoms with Gasteiger partial charge in [0.25, 0.3) is 0 Å². The molecule has 0 saturated carbocycles. The molecule has 3 aromatic rings. The summed E-state index contributed by atoms with van der Waals surface area (Å²) in [5.74, 6) is 0.716. The van der Waals surface area contributed by atoms with Crippen molar-refractivity contribution in [1.82, 2.24) is 14.8 Å². The fraction of sp³-hybridized carbons (Fsp3) is 0.308. The molecule has 4 rings (SSSR count). The first kappa shape index (κ1) is 24.8. The Morgan fingerprint density at radius 3 is 2.47 bits per heavy atom. The second-order valence-corrected chi connectivity index (χ2v) is 8.24. The Morgan fingerprint density at radius 2 is 1.81 bits per heavy atom. The molecule has 10 nitrogen and oxygen atoms in total. The predicted molar refractivity (Wildman–Crippen MR) is 134 cm³/mol. The van der Waals surface area contributed by atoms with Gasteiger partial charge in [-0.2, -0.15) is 10.1 Å². The third-order valence-electron chi connectivity index (χ3n) is 5.98. The zero-order valence-electron chi connectivity index (χ0n) is 20.9. The molecule has 0 unspecified atom stereocenters. The molecular weight excluding hydrogens is 462 g/mol. The molecule has 1 N–H and O–H groups in total. The molecule has 0 spiro atoms. The lowest BCUT2D eigenvalue weighted by Gasteiger charge is -2.35. The van der Waals surface area contributed by atoms with E-state index in [9.17, 15) is 9.59 Å². The molecule has 1 atom stereocenters. The number of benzene rings is 2. The first-order chi connectivity index (χ1) is 17.4. The van der Waals surface area contributed by atoms with Crippen molar-refractivity contribution < 1.29 is 23.8 Å². The van der Waals surface area contributed by atoms with Crippen LogP contribution < -0.4 is 19.7 Å². The van der Waals surface area contributed by atoms with E-state index < -0.39 is 12.0 Å². The summed E-state index contributed by atoms with van der Waals surface area (Å²) in [6.07, 6.45) is 1.41. The highest BCUT2D eigenvalue weighted by molar-refractivity contribution is 5.97. The monoisotopic (exact) mass is 491 g/mol. The van der Waals surface area contributed by atoms with E-state index >= 15 is 0 Å². The normalized spacial score (nSPS) is 14.8. The third kappa shape index (κ3) is 4.74. The van der Waals surface area contributed by atoms with E-state index in [2.05, 4.69) is 15.4 Å². The van der Waals surface area contributed by atoms with Gasteiger partial charge >= 0.3 is 5.97 Å². The van der Waals surface area contributed by atoms with E-state index in [1.165, 1.54) is 13.4 Å². The Hall–Kier alpha value is -4.34. The molecule has 0 radical (unpaired) electrons. The predicted octanol–water partition coefficient (Wildman–Crippen LogP) is 3.49. The van der Waals surface area contributed by atoms with E-state index in [0.717, 1.165) is 11.1 Å². The Morgan fingerprint density at radius 1 is 1.06 bits per heavy atom. The molecule has 2 heterocycles. The van der Waals surface area contributed by atoms with Crippen molar-refractivity contribution in [2.75, 3.05) is 37.6 Å². The van der Waals surface area contributed by atoms with Crippen LogP contribution in [0.2, 0.25) is 0 Å². The maximum Gasteiger partial charge on any atom is 0.338 e. The maximum absolute atomic E-state index is 13.2. The van der Waals surface area contributed by atoms with Crippen molar-refractivity contribution in [3.63, 3.8) is 0 Å². The van der Waals surface area contributed by atoms with Gasteiger partial charge in [-0.05, 0) is 38.5 Å². The number of ether oxygens (including phenoxy) is 3. The van der Waals surface area contributed by atoms with Gasteiger partial charge in [-0.15, -0.1) is 0 Å². The lowest BCUT2D eigenvalue weighted by atomic mass is 9.94. The number of carbonyl (C=O) groups excluding carboxylic acids is 2. The number of hydrogen-bond acceptors (Lipinski definition) is 8. The molecule has 10 heteroatoms. The summed E-state index contributed by atoms with van der Waals surface area (Å²) in [7, 11) is 3.07. The summed E-state index contributed by atoms with van der Waals surface area (Å²) in [5, 5.41) is 7.27. The number of esters is 1. The van der Waals surface area contributed by atoms with Crippen molar-refractivity contribution in [2.45, 2.75) is 26.8 Å². The van der Waals surface area contributed by atoms with Crippen LogP contribution in [0, 0.1) is 6.92 Å². The minimum absolute atomic E-state index is 0.108. The highest BCUT2D eigenvalue weighted by Crippen LogP contribution is 2.38. The fourth-order valence-electron chi connectivity index (χ4n) is 4.18. The van der Waals surface area contributed by atoms with Gasteiger partial charge in [0.1, 0.15) is 30.4 Å². The van der Waals surface area contributed by atoms with Crippen molar-refractivity contribution in [2.24, 2.45) is 0 Å². The quantitative estimate of drug-likeness (QED) is 0.477. The maximum atomic E-state index is 13.2. The van der Waals surface area contributed by atoms with Crippen LogP contribution in [0.3, 0.4) is 0 Å². The zero-order chi connectivity index (χ0) is 25.8. The van der Waals surface area contributed by atoms with Crippen LogP contribution in [-0.4, -0.2) is 54.0 Å². The highest BCUT2D eigenvalue weighted by Gasteiger charge is 2.38. The van der Waals surface area contributed by atoms with E-state index in [1.807, 2.05) is 31.2 Å². The lowest BCUT2D eigenvalue weighted by molar-refractivity contribution is -0.139. The first-order valence-electron chi connectivity index (χ1n) is 11.5. The molecule has 1 aromatic heterocycles. The van der Waals surface area contributed by atoms with Crippen LogP contribution in [0.15, 0.2) is 60.1 Å². The van der Waals surface area contributed by atoms with Gasteiger partial charge in [0.05, 0.1) is 32.1 Å². The summed E-state index contributed by atoms with van der Waals surface area (Å²) in [6, 6.07) is 12.4. The van der Waals surface area contributed by atoms with Crippen LogP contribution in [0.1, 0.15) is 31.0 Å². The van der Waals surface area contributed by atoms with E-state index in [-0.39, 0.29) is 19.1 Å². The van der Waals surface area contributed by atoms with Crippen molar-refractivity contribution in [3.05, 3.63) is 71.2 Å². The number of nitrogens with one attached hydrogen (secondary N) is 1. The van der Waals surface area contributed by atoms with Gasteiger partial charge in [0, 0.05) is 11.8 Å². The standard InChI is InChI=1S/C26H29N5O5/c1-6-36-25(33)23-17(3)30(14-22(32)29-20-12-11-19(34-4)13-21(20)35-5)26-27-15-28-31(26)24(23)18-9-7-16(2)8-10-18/h7-13,15,24H,6,14H2,1-5H3,(H,29,32)/t24-/m1/s1. The number of nitrogens with zero attached hydrogens (tertiary/aromatic N) is 4. The Bertz CT molecular complexity index is 1300. The van der Waals surface area contributed by atoms with Gasteiger partial charge < -0.3 is 24.4 Å². The molecule has 1 aliphatic heterocycles. The molecule has 0 saturated heterocycles. The first-order valence-corrected chi connectivity index (χ1v) is 11.5. The van der Waals surface area contributed by atoms with Crippen molar-refractivity contribution in [1.29, 1.82) is 0 Å². The number of aromatic nitrogens is 3. The highest BCUT2D eigenvalue weighted by atomic mass is 16.5. The van der Waals surface area contributed by atoms with Crippen LogP contribution >= 0.6 is 0 Å². The van der Waals surface area contributed by atoms with Crippen LogP contribution in [0.25, 0.3) is 0 Å². The molecule has 1 aliphatic rings. The SMILES string of the molecule is CCOC(=O)C1=C(C)N(CC(=O)Nc2ccc(OC)cc2OC)c2ncnn2[C@@H]1c1ccc(C)cc1. The van der Waals surface area contributed by atoms with Gasteiger partial charge in [-0.25, -0.2) is 9.48 Å². The zero-order valence-corrected chi connectivity index (χ0v) is 20.9. The summed E-state index contributed by atoms with van der Waals surface area (Å²) in [6.45, 7) is 5.65. The molecule has 188 valence electrons. The molecule has 0 fully saturated rings. The average molecular weight is 492 g/mol. The fourth-order valence-corrected chi connectivity index (χ4v) is 4.18. The minimum Gasteiger partial charge on any atom is -0.497 e. The van der Waals surface area contributed by atoms with Gasteiger partial charge in [0.2, 0.25) is 11.9 Å². The smallest absolute Gasteiger partial charge is 0.338 e. The topological polar surface area (TPSA) is 108 Å². The van der Waals surface area contributed by atoms with Crippen LogP contribution in [0.5, 0.6) is 11.5 Å². The lowest BCUT2D eigenvalue weighted by Crippen LogP contribution is -2.40. The molecular formula is C26H29N5O5. The second kappa shape index (κ2) is 10.5. The van der Waals surface area contributed by atoms with E-state index in [0.29, 0.717) is 34.4 Å². The van der Waals surface area contributed by atoms with Crippen molar-refractivity contribution >= 4 is 23.5 Å². The molecule has 0 aliphatic carbocycles. The summed E-state index contributed by atoms with van der Waals surface area (Å²) in [5.41, 5.74) is 3.41. The summed E-state index contributed by atoms with van der Waals surface area (Å²) in [4.78, 5) is 32.4. The van der Waals surface area contributed by atoms with Gasteiger partial charge in [-0.1, -0.05) is 29.8 Å². The summed E-state index contributed by atoms with van der Waals surface area (Å²) >= 11 is 0. The molecule has 0 bridgehead atoms. The molecule has 36 heavy (non-hydrogen) atoms. The average Bonchev–Trinajstić information content (AvgIpc) is 3.36. The Kier molecular flexibility index (Phi) is 7.23. The van der Waals surface area contributed by atoms with E-state index in [1.54, 1.807) is 48.7 Å². The number of rotatable bonds is 8.